The molecule has 2 heterocycles. The highest BCUT2D eigenvalue weighted by atomic mass is 32.1. The summed E-state index contributed by atoms with van der Waals surface area (Å²) in [5.41, 5.74) is 1.01. The molecule has 21 heavy (non-hydrogen) atoms. The predicted molar refractivity (Wildman–Crippen MR) is 79.9 cm³/mol. The van der Waals surface area contributed by atoms with Crippen molar-refractivity contribution < 1.29 is 8.81 Å². The van der Waals surface area contributed by atoms with Crippen molar-refractivity contribution in [2.24, 2.45) is 0 Å². The molecule has 0 aliphatic carbocycles. The van der Waals surface area contributed by atoms with Crippen molar-refractivity contribution in [1.82, 2.24) is 10.2 Å². The van der Waals surface area contributed by atoms with Crippen LogP contribution in [0, 0.1) is 5.82 Å². The summed E-state index contributed by atoms with van der Waals surface area (Å²) in [5.74, 6) is 0.621. The zero-order chi connectivity index (χ0) is 14.7. The van der Waals surface area contributed by atoms with Gasteiger partial charge in [0.2, 0.25) is 5.13 Å². The van der Waals surface area contributed by atoms with Crippen LogP contribution in [-0.2, 0) is 6.42 Å². The Morgan fingerprint density at radius 3 is 2.76 bits per heavy atom. The van der Waals surface area contributed by atoms with E-state index in [2.05, 4.69) is 15.5 Å². The molecule has 0 bridgehead atoms. The first-order valence-corrected chi connectivity index (χ1v) is 7.39. The first-order valence-electron chi connectivity index (χ1n) is 6.57. The molecule has 6 heteroatoms. The SMILES string of the molecule is CC(Nc1nnc(Cc2ccc(F)cc2)s1)c1ccco1. The number of anilines is 1. The molecule has 1 atom stereocenters. The average Bonchev–Trinajstić information content (AvgIpc) is 3.13. The summed E-state index contributed by atoms with van der Waals surface area (Å²) in [5, 5.41) is 13.2. The lowest BCUT2D eigenvalue weighted by molar-refractivity contribution is 0.490. The predicted octanol–water partition coefficient (Wildman–Crippen LogP) is 4.03. The Morgan fingerprint density at radius 1 is 1.24 bits per heavy atom. The van der Waals surface area contributed by atoms with E-state index in [-0.39, 0.29) is 11.9 Å². The summed E-state index contributed by atoms with van der Waals surface area (Å²) in [7, 11) is 0. The van der Waals surface area contributed by atoms with E-state index in [1.807, 2.05) is 19.1 Å². The van der Waals surface area contributed by atoms with E-state index in [0.29, 0.717) is 6.42 Å². The molecule has 1 N–H and O–H groups in total. The van der Waals surface area contributed by atoms with Crippen LogP contribution in [0.5, 0.6) is 0 Å². The average molecular weight is 303 g/mol. The fraction of sp³-hybridized carbons (Fsp3) is 0.200. The van der Waals surface area contributed by atoms with E-state index in [9.17, 15) is 4.39 Å². The fourth-order valence-electron chi connectivity index (χ4n) is 1.95. The zero-order valence-electron chi connectivity index (χ0n) is 11.4. The smallest absolute Gasteiger partial charge is 0.206 e. The quantitative estimate of drug-likeness (QED) is 0.773. The summed E-state index contributed by atoms with van der Waals surface area (Å²) in [6.45, 7) is 2.00. The third kappa shape index (κ3) is 3.46. The van der Waals surface area contributed by atoms with Crippen molar-refractivity contribution in [1.29, 1.82) is 0 Å². The Morgan fingerprint density at radius 2 is 2.05 bits per heavy atom. The minimum absolute atomic E-state index is 0.0339. The molecule has 0 spiro atoms. The van der Waals surface area contributed by atoms with Gasteiger partial charge in [0.25, 0.3) is 0 Å². The normalized spacial score (nSPS) is 12.3. The molecule has 2 aromatic heterocycles. The van der Waals surface area contributed by atoms with Gasteiger partial charge >= 0.3 is 0 Å². The standard InChI is InChI=1S/C15H14FN3OS/c1-10(13-3-2-8-20-13)17-15-19-18-14(21-15)9-11-4-6-12(16)7-5-11/h2-8,10H,9H2,1H3,(H,17,19). The lowest BCUT2D eigenvalue weighted by Gasteiger charge is -2.08. The third-order valence-corrected chi connectivity index (χ3v) is 3.90. The largest absolute Gasteiger partial charge is 0.467 e. The second kappa shape index (κ2) is 6.05. The summed E-state index contributed by atoms with van der Waals surface area (Å²) in [6, 6.07) is 10.2. The monoisotopic (exact) mass is 303 g/mol. The van der Waals surface area contributed by atoms with Crippen molar-refractivity contribution >= 4 is 16.5 Å². The van der Waals surface area contributed by atoms with E-state index in [1.54, 1.807) is 18.4 Å². The highest BCUT2D eigenvalue weighted by Crippen LogP contribution is 2.23. The minimum Gasteiger partial charge on any atom is -0.467 e. The van der Waals surface area contributed by atoms with Gasteiger partial charge in [-0.3, -0.25) is 0 Å². The van der Waals surface area contributed by atoms with Crippen LogP contribution in [0.4, 0.5) is 9.52 Å². The Bertz CT molecular complexity index is 694. The van der Waals surface area contributed by atoms with Crippen LogP contribution in [0.25, 0.3) is 0 Å². The van der Waals surface area contributed by atoms with Gasteiger partial charge in [-0.15, -0.1) is 10.2 Å². The van der Waals surface area contributed by atoms with Crippen LogP contribution in [0.15, 0.2) is 47.1 Å². The van der Waals surface area contributed by atoms with Crippen molar-refractivity contribution in [2.75, 3.05) is 5.32 Å². The highest BCUT2D eigenvalue weighted by molar-refractivity contribution is 7.15. The molecule has 0 saturated carbocycles. The van der Waals surface area contributed by atoms with Gasteiger partial charge < -0.3 is 9.73 Å². The van der Waals surface area contributed by atoms with Gasteiger partial charge in [-0.1, -0.05) is 23.5 Å². The Kier molecular flexibility index (Phi) is 3.96. The maximum atomic E-state index is 12.9. The first-order chi connectivity index (χ1) is 10.2. The highest BCUT2D eigenvalue weighted by Gasteiger charge is 2.11. The maximum Gasteiger partial charge on any atom is 0.206 e. The second-order valence-electron chi connectivity index (χ2n) is 4.69. The molecule has 0 saturated heterocycles. The number of halogens is 1. The van der Waals surface area contributed by atoms with E-state index < -0.39 is 0 Å². The van der Waals surface area contributed by atoms with Crippen molar-refractivity contribution in [3.8, 4) is 0 Å². The number of hydrogen-bond donors (Lipinski definition) is 1. The minimum atomic E-state index is -0.231. The van der Waals surface area contributed by atoms with Crippen molar-refractivity contribution in [2.45, 2.75) is 19.4 Å². The molecule has 108 valence electrons. The van der Waals surface area contributed by atoms with E-state index >= 15 is 0 Å². The molecule has 0 aliphatic rings. The number of furan rings is 1. The van der Waals surface area contributed by atoms with Crippen LogP contribution < -0.4 is 5.32 Å². The van der Waals surface area contributed by atoms with Crippen molar-refractivity contribution in [3.05, 3.63) is 64.8 Å². The van der Waals surface area contributed by atoms with Crippen LogP contribution in [0.2, 0.25) is 0 Å². The molecule has 0 aliphatic heterocycles. The topological polar surface area (TPSA) is 51.0 Å². The molecule has 0 amide bonds. The molecule has 4 nitrogen and oxygen atoms in total. The number of aromatic nitrogens is 2. The Labute approximate surface area is 125 Å². The second-order valence-corrected chi connectivity index (χ2v) is 5.75. The summed E-state index contributed by atoms with van der Waals surface area (Å²) >= 11 is 1.49. The van der Waals surface area contributed by atoms with Crippen LogP contribution in [-0.4, -0.2) is 10.2 Å². The summed E-state index contributed by atoms with van der Waals surface area (Å²) in [6.07, 6.45) is 2.29. The maximum absolute atomic E-state index is 12.9. The Balaban J connectivity index is 1.64. The third-order valence-electron chi connectivity index (χ3n) is 3.05. The molecule has 1 aromatic carbocycles. The van der Waals surface area contributed by atoms with E-state index in [1.165, 1.54) is 23.5 Å². The van der Waals surface area contributed by atoms with Gasteiger partial charge in [0.15, 0.2) is 0 Å². The van der Waals surface area contributed by atoms with Crippen LogP contribution >= 0.6 is 11.3 Å². The van der Waals surface area contributed by atoms with E-state index in [0.717, 1.165) is 21.5 Å². The molecule has 1 unspecified atom stereocenters. The number of nitrogens with zero attached hydrogens (tertiary/aromatic N) is 2. The number of nitrogens with one attached hydrogen (secondary N) is 1. The zero-order valence-corrected chi connectivity index (χ0v) is 12.2. The first kappa shape index (κ1) is 13.8. The molecular weight excluding hydrogens is 289 g/mol. The summed E-state index contributed by atoms with van der Waals surface area (Å²) < 4.78 is 18.2. The van der Waals surface area contributed by atoms with Crippen LogP contribution in [0.3, 0.4) is 0 Å². The van der Waals surface area contributed by atoms with Crippen molar-refractivity contribution in [3.63, 3.8) is 0 Å². The fourth-order valence-corrected chi connectivity index (χ4v) is 2.82. The molecule has 3 rings (SSSR count). The molecule has 3 aromatic rings. The summed E-state index contributed by atoms with van der Waals surface area (Å²) in [4.78, 5) is 0. The van der Waals surface area contributed by atoms with Crippen LogP contribution in [0.1, 0.15) is 29.3 Å². The Hall–Kier alpha value is -2.21. The van der Waals surface area contributed by atoms with Gasteiger partial charge in [-0.05, 0) is 36.8 Å². The molecule has 0 radical (unpaired) electrons. The number of hydrogen-bond acceptors (Lipinski definition) is 5. The van der Waals surface area contributed by atoms with E-state index in [4.69, 9.17) is 4.42 Å². The number of rotatable bonds is 5. The molecular formula is C15H14FN3OS. The number of benzene rings is 1. The van der Waals surface area contributed by atoms with Gasteiger partial charge in [0, 0.05) is 6.42 Å². The lowest BCUT2D eigenvalue weighted by atomic mass is 10.2. The van der Waals surface area contributed by atoms with Gasteiger partial charge in [-0.25, -0.2) is 4.39 Å². The van der Waals surface area contributed by atoms with Gasteiger partial charge in [0.05, 0.1) is 12.3 Å². The van der Waals surface area contributed by atoms with Gasteiger partial charge in [0.1, 0.15) is 16.6 Å². The lowest BCUT2D eigenvalue weighted by Crippen LogP contribution is -2.04. The molecule has 0 fully saturated rings. The van der Waals surface area contributed by atoms with Gasteiger partial charge in [-0.2, -0.15) is 0 Å².